The summed E-state index contributed by atoms with van der Waals surface area (Å²) in [5, 5.41) is 8.84. The van der Waals surface area contributed by atoms with Crippen LogP contribution in [0, 0.1) is 0 Å². The van der Waals surface area contributed by atoms with Crippen LogP contribution in [-0.4, -0.2) is 11.7 Å². The van der Waals surface area contributed by atoms with Crippen molar-refractivity contribution in [3.63, 3.8) is 0 Å². The van der Waals surface area contributed by atoms with Gasteiger partial charge in [0.2, 0.25) is 0 Å². The van der Waals surface area contributed by atoms with Crippen LogP contribution in [0.15, 0.2) is 67.3 Å². The van der Waals surface area contributed by atoms with E-state index in [9.17, 15) is 0 Å². The molecule has 0 atom stereocenters. The fourth-order valence-electron chi connectivity index (χ4n) is 2.08. The van der Waals surface area contributed by atoms with E-state index in [4.69, 9.17) is 9.84 Å². The Morgan fingerprint density at radius 1 is 1.10 bits per heavy atom. The molecule has 2 nitrogen and oxygen atoms in total. The molecule has 0 aromatic heterocycles. The molecule has 0 saturated carbocycles. The van der Waals surface area contributed by atoms with E-state index in [1.54, 1.807) is 6.08 Å². The number of benzene rings is 2. The SMILES string of the molecule is C=CCc1cc(C=CCO)ccc1OCc1ccccc1. The molecule has 0 aliphatic carbocycles. The molecule has 2 heteroatoms. The van der Waals surface area contributed by atoms with Gasteiger partial charge in [-0.3, -0.25) is 0 Å². The van der Waals surface area contributed by atoms with Crippen molar-refractivity contribution in [2.24, 2.45) is 0 Å². The first-order chi connectivity index (χ1) is 10.3. The molecule has 0 fully saturated rings. The van der Waals surface area contributed by atoms with Crippen molar-refractivity contribution in [2.45, 2.75) is 13.0 Å². The normalized spacial score (nSPS) is 10.7. The molecule has 21 heavy (non-hydrogen) atoms. The van der Waals surface area contributed by atoms with E-state index in [0.29, 0.717) is 6.61 Å². The average Bonchev–Trinajstić information content (AvgIpc) is 2.53. The van der Waals surface area contributed by atoms with Gasteiger partial charge in [0.25, 0.3) is 0 Å². The highest BCUT2D eigenvalue weighted by Crippen LogP contribution is 2.23. The summed E-state index contributed by atoms with van der Waals surface area (Å²) in [5.41, 5.74) is 3.29. The van der Waals surface area contributed by atoms with E-state index < -0.39 is 0 Å². The number of allylic oxidation sites excluding steroid dienone is 1. The van der Waals surface area contributed by atoms with Crippen LogP contribution in [0.1, 0.15) is 16.7 Å². The first-order valence-electron chi connectivity index (χ1n) is 7.01. The molecule has 0 aliphatic heterocycles. The van der Waals surface area contributed by atoms with Crippen LogP contribution < -0.4 is 4.74 Å². The summed E-state index contributed by atoms with van der Waals surface area (Å²) < 4.78 is 5.91. The van der Waals surface area contributed by atoms with Gasteiger partial charge in [0.05, 0.1) is 6.61 Å². The van der Waals surface area contributed by atoms with Crippen LogP contribution in [0.4, 0.5) is 0 Å². The number of hydrogen-bond donors (Lipinski definition) is 1. The molecule has 0 unspecified atom stereocenters. The van der Waals surface area contributed by atoms with Crippen LogP contribution in [0.2, 0.25) is 0 Å². The zero-order chi connectivity index (χ0) is 14.9. The van der Waals surface area contributed by atoms with E-state index in [0.717, 1.165) is 28.9 Å². The summed E-state index contributed by atoms with van der Waals surface area (Å²) in [6, 6.07) is 16.1. The predicted molar refractivity (Wildman–Crippen MR) is 87.2 cm³/mol. The van der Waals surface area contributed by atoms with Crippen molar-refractivity contribution >= 4 is 6.08 Å². The van der Waals surface area contributed by atoms with E-state index in [1.807, 2.05) is 54.6 Å². The Bertz CT molecular complexity index is 600. The fourth-order valence-corrected chi connectivity index (χ4v) is 2.08. The number of ether oxygens (including phenoxy) is 1. The van der Waals surface area contributed by atoms with E-state index in [1.165, 1.54) is 0 Å². The number of rotatable bonds is 7. The molecule has 2 rings (SSSR count). The molecule has 2 aromatic carbocycles. The Balaban J connectivity index is 2.14. The van der Waals surface area contributed by atoms with Crippen LogP contribution in [0.25, 0.3) is 6.08 Å². The second-order valence-electron chi connectivity index (χ2n) is 4.72. The third-order valence-electron chi connectivity index (χ3n) is 3.10. The maximum atomic E-state index is 8.84. The first-order valence-corrected chi connectivity index (χ1v) is 7.01. The van der Waals surface area contributed by atoms with Gasteiger partial charge in [0.1, 0.15) is 12.4 Å². The Labute approximate surface area is 126 Å². The second-order valence-corrected chi connectivity index (χ2v) is 4.72. The molecule has 2 aromatic rings. The van der Waals surface area contributed by atoms with Crippen molar-refractivity contribution in [1.82, 2.24) is 0 Å². The number of hydrogen-bond acceptors (Lipinski definition) is 2. The fraction of sp³-hybridized carbons (Fsp3) is 0.158. The summed E-state index contributed by atoms with van der Waals surface area (Å²) >= 11 is 0. The molecule has 0 aliphatic rings. The molecule has 0 saturated heterocycles. The van der Waals surface area contributed by atoms with Gasteiger partial charge < -0.3 is 9.84 Å². The summed E-state index contributed by atoms with van der Waals surface area (Å²) in [6.07, 6.45) is 6.24. The maximum Gasteiger partial charge on any atom is 0.123 e. The molecular weight excluding hydrogens is 260 g/mol. The third-order valence-corrected chi connectivity index (χ3v) is 3.10. The van der Waals surface area contributed by atoms with Gasteiger partial charge in [-0.1, -0.05) is 54.6 Å². The van der Waals surface area contributed by atoms with Crippen LogP contribution >= 0.6 is 0 Å². The molecule has 0 spiro atoms. The van der Waals surface area contributed by atoms with E-state index >= 15 is 0 Å². The van der Waals surface area contributed by atoms with Crippen LogP contribution in [-0.2, 0) is 13.0 Å². The summed E-state index contributed by atoms with van der Waals surface area (Å²) in [6.45, 7) is 4.39. The maximum absolute atomic E-state index is 8.84. The Morgan fingerprint density at radius 3 is 2.62 bits per heavy atom. The number of aliphatic hydroxyl groups is 1. The van der Waals surface area contributed by atoms with Gasteiger partial charge in [-0.05, 0) is 35.2 Å². The smallest absolute Gasteiger partial charge is 0.123 e. The lowest BCUT2D eigenvalue weighted by Gasteiger charge is -2.11. The molecule has 1 N–H and O–H groups in total. The molecule has 0 bridgehead atoms. The zero-order valence-electron chi connectivity index (χ0n) is 12.0. The van der Waals surface area contributed by atoms with Crippen LogP contribution in [0.5, 0.6) is 5.75 Å². The Morgan fingerprint density at radius 2 is 1.90 bits per heavy atom. The quantitative estimate of drug-likeness (QED) is 0.777. The monoisotopic (exact) mass is 280 g/mol. The highest BCUT2D eigenvalue weighted by Gasteiger charge is 2.04. The predicted octanol–water partition coefficient (Wildman–Crippen LogP) is 4.00. The van der Waals surface area contributed by atoms with E-state index in [-0.39, 0.29) is 6.61 Å². The lowest BCUT2D eigenvalue weighted by molar-refractivity contribution is 0.303. The lowest BCUT2D eigenvalue weighted by atomic mass is 10.1. The Hall–Kier alpha value is -2.32. The van der Waals surface area contributed by atoms with Crippen molar-refractivity contribution in [1.29, 1.82) is 0 Å². The number of aliphatic hydroxyl groups excluding tert-OH is 1. The van der Waals surface area contributed by atoms with Crippen molar-refractivity contribution in [3.05, 3.63) is 84.0 Å². The Kier molecular flexibility index (Phi) is 5.80. The summed E-state index contributed by atoms with van der Waals surface area (Å²) in [7, 11) is 0. The molecule has 0 heterocycles. The molecule has 108 valence electrons. The standard InChI is InChI=1S/C19H20O2/c1-2-7-18-14-16(10-6-13-20)11-12-19(18)21-15-17-8-4-3-5-9-17/h2-6,8-12,14,20H,1,7,13,15H2. The molecule has 0 radical (unpaired) electrons. The minimum absolute atomic E-state index is 0.0447. The van der Waals surface area contributed by atoms with Gasteiger partial charge in [-0.25, -0.2) is 0 Å². The van der Waals surface area contributed by atoms with Crippen molar-refractivity contribution < 1.29 is 9.84 Å². The second kappa shape index (κ2) is 8.08. The highest BCUT2D eigenvalue weighted by molar-refractivity contribution is 5.53. The topological polar surface area (TPSA) is 29.5 Å². The molecule has 0 amide bonds. The highest BCUT2D eigenvalue weighted by atomic mass is 16.5. The minimum Gasteiger partial charge on any atom is -0.489 e. The first kappa shape index (κ1) is 15.1. The van der Waals surface area contributed by atoms with E-state index in [2.05, 4.69) is 12.6 Å². The van der Waals surface area contributed by atoms with Crippen LogP contribution in [0.3, 0.4) is 0 Å². The average molecular weight is 280 g/mol. The van der Waals surface area contributed by atoms with Gasteiger partial charge in [-0.15, -0.1) is 6.58 Å². The van der Waals surface area contributed by atoms with Crippen molar-refractivity contribution in [2.75, 3.05) is 6.61 Å². The lowest BCUT2D eigenvalue weighted by Crippen LogP contribution is -1.98. The molecular formula is C19H20O2. The van der Waals surface area contributed by atoms with Gasteiger partial charge in [0, 0.05) is 0 Å². The largest absolute Gasteiger partial charge is 0.489 e. The van der Waals surface area contributed by atoms with Crippen molar-refractivity contribution in [3.8, 4) is 5.75 Å². The minimum atomic E-state index is 0.0447. The third kappa shape index (κ3) is 4.62. The summed E-state index contributed by atoms with van der Waals surface area (Å²) in [4.78, 5) is 0. The van der Waals surface area contributed by atoms with Gasteiger partial charge in [-0.2, -0.15) is 0 Å². The zero-order valence-corrected chi connectivity index (χ0v) is 12.0. The van der Waals surface area contributed by atoms with Gasteiger partial charge in [0.15, 0.2) is 0 Å². The summed E-state index contributed by atoms with van der Waals surface area (Å²) in [5.74, 6) is 0.875. The van der Waals surface area contributed by atoms with Gasteiger partial charge >= 0.3 is 0 Å².